The number of benzene rings is 3. The first-order chi connectivity index (χ1) is 15.1. The zero-order chi connectivity index (χ0) is 23.3. The van der Waals surface area contributed by atoms with Gasteiger partial charge in [-0.25, -0.2) is 12.8 Å². The Bertz CT molecular complexity index is 1250. The molecule has 0 aliphatic rings. The van der Waals surface area contributed by atoms with Gasteiger partial charge in [-0.15, -0.1) is 0 Å². The maximum atomic E-state index is 12.9. The minimum absolute atomic E-state index is 0.0488. The van der Waals surface area contributed by atoms with Gasteiger partial charge in [0.25, 0.3) is 15.9 Å². The molecule has 166 valence electrons. The third kappa shape index (κ3) is 6.19. The van der Waals surface area contributed by atoms with E-state index in [1.165, 1.54) is 42.5 Å². The number of carbonyl (C=O) groups is 2. The van der Waals surface area contributed by atoms with Crippen LogP contribution in [0.5, 0.6) is 0 Å². The first-order valence-electron chi connectivity index (χ1n) is 9.05. The third-order valence-corrected chi connectivity index (χ3v) is 6.31. The van der Waals surface area contributed by atoms with Gasteiger partial charge in [-0.3, -0.25) is 25.2 Å². The maximum absolute atomic E-state index is 12.9. The average molecular weight is 496 g/mol. The Hall–Kier alpha value is -3.14. The fraction of sp³-hybridized carbons (Fsp3) is 0.0476. The van der Waals surface area contributed by atoms with E-state index in [0.717, 1.165) is 12.1 Å². The molecule has 0 heterocycles. The van der Waals surface area contributed by atoms with Crippen LogP contribution in [0, 0.1) is 5.82 Å². The summed E-state index contributed by atoms with van der Waals surface area (Å²) in [5, 5.41) is 0.351. The van der Waals surface area contributed by atoms with Gasteiger partial charge in [-0.1, -0.05) is 35.3 Å². The molecular weight excluding hydrogens is 480 g/mol. The summed E-state index contributed by atoms with van der Waals surface area (Å²) < 4.78 is 40.3. The first-order valence-corrected chi connectivity index (χ1v) is 11.3. The number of amides is 2. The highest BCUT2D eigenvalue weighted by atomic mass is 35.5. The Morgan fingerprint density at radius 3 is 2.12 bits per heavy atom. The molecule has 3 rings (SSSR count). The largest absolute Gasteiger partial charge is 0.280 e. The molecule has 0 atom stereocenters. The quantitative estimate of drug-likeness (QED) is 0.450. The van der Waals surface area contributed by atoms with Crippen molar-refractivity contribution in [3.8, 4) is 0 Å². The van der Waals surface area contributed by atoms with Crippen LogP contribution in [0.1, 0.15) is 15.9 Å². The summed E-state index contributed by atoms with van der Waals surface area (Å²) >= 11 is 11.7. The minimum atomic E-state index is -3.88. The summed E-state index contributed by atoms with van der Waals surface area (Å²) in [4.78, 5) is 23.9. The molecular formula is C21H16Cl2FN3O4S. The van der Waals surface area contributed by atoms with Gasteiger partial charge in [0.05, 0.1) is 21.4 Å². The van der Waals surface area contributed by atoms with E-state index in [1.807, 2.05) is 0 Å². The molecule has 0 aromatic heterocycles. The Labute approximate surface area is 193 Å². The lowest BCUT2D eigenvalue weighted by molar-refractivity contribution is -0.121. The molecule has 0 aliphatic heterocycles. The van der Waals surface area contributed by atoms with Crippen LogP contribution < -0.4 is 15.6 Å². The molecule has 2 amide bonds. The number of sulfonamides is 1. The van der Waals surface area contributed by atoms with E-state index in [9.17, 15) is 22.4 Å². The highest BCUT2D eigenvalue weighted by Crippen LogP contribution is 2.26. The van der Waals surface area contributed by atoms with E-state index in [2.05, 4.69) is 15.6 Å². The fourth-order valence-corrected chi connectivity index (χ4v) is 4.03. The summed E-state index contributed by atoms with van der Waals surface area (Å²) in [7, 11) is -3.88. The average Bonchev–Trinajstić information content (AvgIpc) is 2.75. The highest BCUT2D eigenvalue weighted by molar-refractivity contribution is 7.92. The second kappa shape index (κ2) is 9.99. The molecule has 0 unspecified atom stereocenters. The zero-order valence-electron chi connectivity index (χ0n) is 16.2. The van der Waals surface area contributed by atoms with E-state index in [0.29, 0.717) is 5.56 Å². The second-order valence-electron chi connectivity index (χ2n) is 6.56. The fourth-order valence-electron chi connectivity index (χ4n) is 2.58. The molecule has 3 N–H and O–H groups in total. The van der Waals surface area contributed by atoms with Crippen LogP contribution in [0.2, 0.25) is 10.0 Å². The Morgan fingerprint density at radius 2 is 1.50 bits per heavy atom. The Balaban J connectivity index is 1.55. The van der Waals surface area contributed by atoms with Crippen molar-refractivity contribution in [1.29, 1.82) is 0 Å². The molecule has 0 saturated heterocycles. The van der Waals surface area contributed by atoms with Crippen molar-refractivity contribution >= 4 is 50.7 Å². The molecule has 0 aliphatic carbocycles. The van der Waals surface area contributed by atoms with Gasteiger partial charge in [-0.05, 0) is 60.2 Å². The van der Waals surface area contributed by atoms with Crippen LogP contribution in [0.4, 0.5) is 10.1 Å². The van der Waals surface area contributed by atoms with Gasteiger partial charge in [0.1, 0.15) is 5.82 Å². The lowest BCUT2D eigenvalue weighted by Gasteiger charge is -2.10. The van der Waals surface area contributed by atoms with Gasteiger partial charge in [0, 0.05) is 11.3 Å². The third-order valence-electron chi connectivity index (χ3n) is 4.19. The van der Waals surface area contributed by atoms with Crippen molar-refractivity contribution in [2.45, 2.75) is 11.3 Å². The molecule has 11 heteroatoms. The molecule has 0 saturated carbocycles. The number of halogens is 3. The molecule has 3 aromatic rings. The van der Waals surface area contributed by atoms with Crippen LogP contribution in [-0.2, 0) is 21.2 Å². The maximum Gasteiger partial charge on any atom is 0.269 e. The van der Waals surface area contributed by atoms with Crippen molar-refractivity contribution in [1.82, 2.24) is 10.9 Å². The lowest BCUT2D eigenvalue weighted by Crippen LogP contribution is -2.42. The lowest BCUT2D eigenvalue weighted by atomic mass is 10.1. The van der Waals surface area contributed by atoms with E-state index < -0.39 is 27.7 Å². The molecule has 7 nitrogen and oxygen atoms in total. The topological polar surface area (TPSA) is 104 Å². The van der Waals surface area contributed by atoms with E-state index in [-0.39, 0.29) is 32.6 Å². The van der Waals surface area contributed by atoms with Crippen molar-refractivity contribution < 1.29 is 22.4 Å². The van der Waals surface area contributed by atoms with Crippen LogP contribution >= 0.6 is 23.2 Å². The van der Waals surface area contributed by atoms with E-state index in [4.69, 9.17) is 23.2 Å². The summed E-state index contributed by atoms with van der Waals surface area (Å²) in [6.45, 7) is 0. The molecule has 32 heavy (non-hydrogen) atoms. The summed E-state index contributed by atoms with van der Waals surface area (Å²) in [5.74, 6) is -1.57. The van der Waals surface area contributed by atoms with Gasteiger partial charge >= 0.3 is 0 Å². The van der Waals surface area contributed by atoms with E-state index >= 15 is 0 Å². The highest BCUT2D eigenvalue weighted by Gasteiger charge is 2.16. The summed E-state index contributed by atoms with van der Waals surface area (Å²) in [6, 6.07) is 14.9. The Morgan fingerprint density at radius 1 is 0.844 bits per heavy atom. The summed E-state index contributed by atoms with van der Waals surface area (Å²) in [6.07, 6.45) is -0.0660. The number of anilines is 1. The summed E-state index contributed by atoms with van der Waals surface area (Å²) in [5.41, 5.74) is 5.54. The van der Waals surface area contributed by atoms with Crippen LogP contribution in [-0.4, -0.2) is 20.2 Å². The van der Waals surface area contributed by atoms with Crippen molar-refractivity contribution in [3.63, 3.8) is 0 Å². The molecule has 0 fully saturated rings. The van der Waals surface area contributed by atoms with Crippen molar-refractivity contribution in [2.75, 3.05) is 4.72 Å². The number of hydrogen-bond acceptors (Lipinski definition) is 4. The SMILES string of the molecule is O=C(Cc1ccc(NS(=O)(=O)c2ccc(Cl)c(Cl)c2)cc1)NNC(=O)c1ccc(F)cc1. The molecule has 0 radical (unpaired) electrons. The predicted octanol–water partition coefficient (Wildman–Crippen LogP) is 3.94. The number of nitrogens with one attached hydrogen (secondary N) is 3. The van der Waals surface area contributed by atoms with Crippen molar-refractivity contribution in [3.05, 3.63) is 93.7 Å². The number of hydrogen-bond donors (Lipinski definition) is 3. The van der Waals surface area contributed by atoms with Crippen LogP contribution in [0.15, 0.2) is 71.6 Å². The standard InChI is InChI=1S/C21H16Cl2FN3O4S/c22-18-10-9-17(12-19(18)23)32(30,31)27-16-7-1-13(2-8-16)11-20(28)25-26-21(29)14-3-5-15(24)6-4-14/h1-10,12,27H,11H2,(H,25,28)(H,26,29). The first kappa shape index (κ1) is 23.5. The minimum Gasteiger partial charge on any atom is -0.280 e. The van der Waals surface area contributed by atoms with Gasteiger partial charge < -0.3 is 0 Å². The van der Waals surface area contributed by atoms with Gasteiger partial charge in [-0.2, -0.15) is 0 Å². The normalized spacial score (nSPS) is 11.0. The Kier molecular flexibility index (Phi) is 7.34. The van der Waals surface area contributed by atoms with E-state index in [1.54, 1.807) is 12.1 Å². The van der Waals surface area contributed by atoms with Crippen molar-refractivity contribution in [2.24, 2.45) is 0 Å². The van der Waals surface area contributed by atoms with Crippen LogP contribution in [0.3, 0.4) is 0 Å². The van der Waals surface area contributed by atoms with Gasteiger partial charge in [0.15, 0.2) is 0 Å². The van der Waals surface area contributed by atoms with Gasteiger partial charge in [0.2, 0.25) is 5.91 Å². The smallest absolute Gasteiger partial charge is 0.269 e. The monoisotopic (exact) mass is 495 g/mol. The van der Waals surface area contributed by atoms with Crippen LogP contribution in [0.25, 0.3) is 0 Å². The predicted molar refractivity (Wildman–Crippen MR) is 119 cm³/mol. The molecule has 0 bridgehead atoms. The number of carbonyl (C=O) groups excluding carboxylic acids is 2. The zero-order valence-corrected chi connectivity index (χ0v) is 18.6. The number of rotatable bonds is 6. The second-order valence-corrected chi connectivity index (χ2v) is 9.06. The number of hydrazine groups is 1. The molecule has 0 spiro atoms. The molecule has 3 aromatic carbocycles.